The van der Waals surface area contributed by atoms with Crippen LogP contribution in [0.2, 0.25) is 5.02 Å². The summed E-state index contributed by atoms with van der Waals surface area (Å²) in [6, 6.07) is 19.7. The predicted octanol–water partition coefficient (Wildman–Crippen LogP) is 6.50. The van der Waals surface area contributed by atoms with Crippen LogP contribution in [0, 0.1) is 12.7 Å². The van der Waals surface area contributed by atoms with Crippen LogP contribution in [-0.4, -0.2) is 20.6 Å². The fraction of sp³-hybridized carbons (Fsp3) is 0.179. The molecule has 0 radical (unpaired) electrons. The van der Waals surface area contributed by atoms with Gasteiger partial charge in [-0.2, -0.15) is 0 Å². The minimum absolute atomic E-state index is 0.0434. The third kappa shape index (κ3) is 4.82. The first-order valence-electron chi connectivity index (χ1n) is 11.9. The smallest absolute Gasteiger partial charge is 0.224 e. The van der Waals surface area contributed by atoms with E-state index < -0.39 is 5.82 Å². The van der Waals surface area contributed by atoms with Crippen molar-refractivity contribution in [1.29, 1.82) is 0 Å². The van der Waals surface area contributed by atoms with Crippen molar-refractivity contribution < 1.29 is 9.18 Å². The van der Waals surface area contributed by atoms with Crippen molar-refractivity contribution in [2.45, 2.75) is 32.4 Å². The van der Waals surface area contributed by atoms with Gasteiger partial charge in [-0.15, -0.1) is 0 Å². The Morgan fingerprint density at radius 3 is 2.65 bits per heavy atom. The van der Waals surface area contributed by atoms with Gasteiger partial charge in [-0.05, 0) is 85.4 Å². The molecule has 1 saturated heterocycles. The lowest BCUT2D eigenvalue weighted by atomic mass is 10.00. The maximum atomic E-state index is 13.9. The summed E-state index contributed by atoms with van der Waals surface area (Å²) in [7, 11) is 0. The third-order valence-electron chi connectivity index (χ3n) is 6.45. The Labute approximate surface area is 225 Å². The Morgan fingerprint density at radius 2 is 1.95 bits per heavy atom. The lowest BCUT2D eigenvalue weighted by molar-refractivity contribution is -0.115. The quantitative estimate of drug-likeness (QED) is 0.277. The highest BCUT2D eigenvalue weighted by Gasteiger charge is 2.42. The summed E-state index contributed by atoms with van der Waals surface area (Å²) in [5.74, 6) is -0.514. The second-order valence-electron chi connectivity index (χ2n) is 8.80. The van der Waals surface area contributed by atoms with Crippen LogP contribution in [0.4, 0.5) is 15.8 Å². The Balaban J connectivity index is 1.62. The maximum absolute atomic E-state index is 13.9. The SMILES string of the molecule is CCC(=O)Nc1ccc(N2C(=S)NC(c3ccccn3)C2c2cccn2-c2ccc(F)c(Cl)c2)cc1C. The van der Waals surface area contributed by atoms with Gasteiger partial charge >= 0.3 is 0 Å². The molecule has 0 aliphatic carbocycles. The Kier molecular flexibility index (Phi) is 6.95. The van der Waals surface area contributed by atoms with Crippen molar-refractivity contribution in [2.75, 3.05) is 10.2 Å². The summed E-state index contributed by atoms with van der Waals surface area (Å²) < 4.78 is 15.9. The van der Waals surface area contributed by atoms with Crippen LogP contribution in [0.3, 0.4) is 0 Å². The number of rotatable bonds is 6. The summed E-state index contributed by atoms with van der Waals surface area (Å²) >= 11 is 12.0. The summed E-state index contributed by atoms with van der Waals surface area (Å²) in [5, 5.41) is 7.00. The standard InChI is InChI=1S/C28H25ClFN5OS/c1-3-25(36)32-22-12-10-19(15-17(22)2)35-27(26(33-28(35)37)23-7-4-5-13-31-23)24-8-6-14-34(24)18-9-11-21(30)20(29)16-18/h4-16,26-27H,3H2,1-2H3,(H,32,36)(H,33,37). The summed E-state index contributed by atoms with van der Waals surface area (Å²) in [4.78, 5) is 18.6. The predicted molar refractivity (Wildman–Crippen MR) is 149 cm³/mol. The van der Waals surface area contributed by atoms with Crippen molar-refractivity contribution >= 4 is 46.2 Å². The fourth-order valence-electron chi connectivity index (χ4n) is 4.62. The third-order valence-corrected chi connectivity index (χ3v) is 7.05. The van der Waals surface area contributed by atoms with E-state index in [9.17, 15) is 9.18 Å². The number of hydrogen-bond donors (Lipinski definition) is 2. The van der Waals surface area contributed by atoms with E-state index in [4.69, 9.17) is 23.8 Å². The van der Waals surface area contributed by atoms with E-state index in [1.54, 1.807) is 18.3 Å². The zero-order chi connectivity index (χ0) is 26.1. The van der Waals surface area contributed by atoms with Gasteiger partial charge in [-0.25, -0.2) is 4.39 Å². The highest BCUT2D eigenvalue weighted by Crippen LogP contribution is 2.43. The van der Waals surface area contributed by atoms with Crippen LogP contribution >= 0.6 is 23.8 Å². The van der Waals surface area contributed by atoms with Gasteiger partial charge in [0.05, 0.1) is 16.8 Å². The van der Waals surface area contributed by atoms with Gasteiger partial charge in [0.15, 0.2) is 5.11 Å². The number of amides is 1. The molecule has 3 heterocycles. The number of pyridine rings is 1. The first kappa shape index (κ1) is 24.9. The molecule has 5 rings (SSSR count). The van der Waals surface area contributed by atoms with Crippen molar-refractivity contribution in [2.24, 2.45) is 0 Å². The number of carbonyl (C=O) groups excluding carboxylic acids is 1. The summed E-state index contributed by atoms with van der Waals surface area (Å²) in [5.41, 5.74) is 5.05. The molecular formula is C28H25ClFN5OS. The molecule has 2 aromatic heterocycles. The van der Waals surface area contributed by atoms with E-state index in [0.29, 0.717) is 11.5 Å². The molecule has 37 heavy (non-hydrogen) atoms. The van der Waals surface area contributed by atoms with Crippen LogP contribution in [0.25, 0.3) is 5.69 Å². The van der Waals surface area contributed by atoms with Crippen molar-refractivity contribution in [1.82, 2.24) is 14.9 Å². The number of benzene rings is 2. The molecule has 4 aromatic rings. The number of nitrogens with one attached hydrogen (secondary N) is 2. The van der Waals surface area contributed by atoms with E-state index in [2.05, 4.69) is 20.5 Å². The number of carbonyl (C=O) groups is 1. The topological polar surface area (TPSA) is 62.2 Å². The van der Waals surface area contributed by atoms with Gasteiger partial charge in [-0.1, -0.05) is 24.6 Å². The molecule has 0 saturated carbocycles. The second-order valence-corrected chi connectivity index (χ2v) is 9.59. The molecule has 2 unspecified atom stereocenters. The molecule has 1 aliphatic rings. The van der Waals surface area contributed by atoms with Crippen LogP contribution in [0.5, 0.6) is 0 Å². The Hall–Kier alpha value is -3.75. The van der Waals surface area contributed by atoms with Gasteiger partial charge < -0.3 is 20.1 Å². The van der Waals surface area contributed by atoms with E-state index in [0.717, 1.165) is 34.0 Å². The molecule has 1 aliphatic heterocycles. The first-order chi connectivity index (χ1) is 17.9. The van der Waals surface area contributed by atoms with Crippen LogP contribution in [0.15, 0.2) is 79.1 Å². The van der Waals surface area contributed by atoms with Crippen LogP contribution in [-0.2, 0) is 4.79 Å². The lowest BCUT2D eigenvalue weighted by Crippen LogP contribution is -2.30. The van der Waals surface area contributed by atoms with Gasteiger partial charge in [-0.3, -0.25) is 9.78 Å². The van der Waals surface area contributed by atoms with Crippen LogP contribution < -0.4 is 15.5 Å². The van der Waals surface area contributed by atoms with E-state index in [1.807, 2.05) is 73.1 Å². The van der Waals surface area contributed by atoms with Gasteiger partial charge in [0.1, 0.15) is 11.9 Å². The molecule has 1 fully saturated rings. The molecule has 188 valence electrons. The average molecular weight is 534 g/mol. The minimum Gasteiger partial charge on any atom is -0.351 e. The Bertz CT molecular complexity index is 1470. The molecule has 6 nitrogen and oxygen atoms in total. The van der Waals surface area contributed by atoms with Gasteiger partial charge in [0.25, 0.3) is 0 Å². The van der Waals surface area contributed by atoms with Crippen molar-refractivity contribution in [3.63, 3.8) is 0 Å². The largest absolute Gasteiger partial charge is 0.351 e. The zero-order valence-electron chi connectivity index (χ0n) is 20.3. The Morgan fingerprint density at radius 1 is 1.14 bits per heavy atom. The number of halogens is 2. The average Bonchev–Trinajstić information content (AvgIpc) is 3.51. The maximum Gasteiger partial charge on any atom is 0.224 e. The molecule has 1 amide bonds. The number of thiocarbonyl (C=S) groups is 1. The number of anilines is 2. The molecule has 0 spiro atoms. The number of nitrogens with zero attached hydrogens (tertiary/aromatic N) is 3. The van der Waals surface area contributed by atoms with Crippen molar-refractivity contribution in [3.05, 3.63) is 107 Å². The molecular weight excluding hydrogens is 509 g/mol. The monoisotopic (exact) mass is 533 g/mol. The molecule has 9 heteroatoms. The second kappa shape index (κ2) is 10.3. The molecule has 2 atom stereocenters. The number of aromatic nitrogens is 2. The molecule has 2 N–H and O–H groups in total. The normalized spacial score (nSPS) is 17.1. The lowest BCUT2D eigenvalue weighted by Gasteiger charge is -2.29. The molecule has 2 aromatic carbocycles. The van der Waals surface area contributed by atoms with E-state index >= 15 is 0 Å². The number of aryl methyl sites for hydroxylation is 1. The summed E-state index contributed by atoms with van der Waals surface area (Å²) in [6.07, 6.45) is 4.08. The highest BCUT2D eigenvalue weighted by atomic mass is 35.5. The van der Waals surface area contributed by atoms with Gasteiger partial charge in [0.2, 0.25) is 5.91 Å². The summed E-state index contributed by atoms with van der Waals surface area (Å²) in [6.45, 7) is 3.77. The molecule has 0 bridgehead atoms. The van der Waals surface area contributed by atoms with Crippen molar-refractivity contribution in [3.8, 4) is 5.69 Å². The van der Waals surface area contributed by atoms with E-state index in [1.165, 1.54) is 6.07 Å². The first-order valence-corrected chi connectivity index (χ1v) is 12.7. The minimum atomic E-state index is -0.471. The number of hydrogen-bond acceptors (Lipinski definition) is 3. The highest BCUT2D eigenvalue weighted by molar-refractivity contribution is 7.80. The van der Waals surface area contributed by atoms with Gasteiger partial charge in [0, 0.05) is 41.6 Å². The fourth-order valence-corrected chi connectivity index (χ4v) is 5.14. The van der Waals surface area contributed by atoms with Crippen LogP contribution in [0.1, 0.15) is 42.4 Å². The van der Waals surface area contributed by atoms with E-state index in [-0.39, 0.29) is 23.0 Å². The zero-order valence-corrected chi connectivity index (χ0v) is 21.9.